The Bertz CT molecular complexity index is 1070. The van der Waals surface area contributed by atoms with E-state index in [4.69, 9.17) is 9.88 Å². The predicted octanol–water partition coefficient (Wildman–Crippen LogP) is 0.414. The number of primary sulfonamides is 1. The molecule has 1 aromatic rings. The summed E-state index contributed by atoms with van der Waals surface area (Å²) < 4.78 is 29.4. The lowest BCUT2D eigenvalue weighted by atomic mass is 9.76. The molecule has 154 valence electrons. The number of benzene rings is 1. The molecule has 0 aromatic heterocycles. The molecular weight excluding hydrogens is 394 g/mol. The van der Waals surface area contributed by atoms with E-state index in [1.165, 1.54) is 12.1 Å². The van der Waals surface area contributed by atoms with E-state index in [1.54, 1.807) is 15.9 Å². The van der Waals surface area contributed by atoms with E-state index >= 15 is 0 Å². The smallest absolute Gasteiger partial charge is 0.238 e. The van der Waals surface area contributed by atoms with Gasteiger partial charge in [-0.05, 0) is 44.0 Å². The van der Waals surface area contributed by atoms with E-state index in [9.17, 15) is 18.0 Å². The molecule has 8 nitrogen and oxygen atoms in total. The molecule has 4 aliphatic heterocycles. The quantitative estimate of drug-likeness (QED) is 0.717. The average molecular weight is 417 g/mol. The van der Waals surface area contributed by atoms with Crippen LogP contribution in [-0.4, -0.2) is 56.0 Å². The van der Waals surface area contributed by atoms with Crippen LogP contribution in [0.15, 0.2) is 35.2 Å². The fraction of sp³-hybridized carbons (Fsp3) is 0.500. The standard InChI is InChI=1S/C20H23N3O5S/c1-11(2)23-10-20-7-5-15(28-20)16(17(20)19(23)25)18(24)22-8-6-12-9-13(29(21,26)27)3-4-14(12)22/h3-5,7,9,11,15-17H,6,8,10H2,1-2H3,(H2,21,26,27)/t15-,16-,17+,20-/m1/s1. The van der Waals surface area contributed by atoms with Gasteiger partial charge in [0.15, 0.2) is 0 Å². The minimum Gasteiger partial charge on any atom is -0.360 e. The van der Waals surface area contributed by atoms with Crippen molar-refractivity contribution >= 4 is 27.5 Å². The average Bonchev–Trinajstić information content (AvgIpc) is 3.39. The van der Waals surface area contributed by atoms with Crippen LogP contribution >= 0.6 is 0 Å². The molecule has 2 saturated heterocycles. The second-order valence-electron chi connectivity index (χ2n) is 8.54. The summed E-state index contributed by atoms with van der Waals surface area (Å²) in [5, 5.41) is 5.22. The van der Waals surface area contributed by atoms with Crippen LogP contribution in [0.4, 0.5) is 5.69 Å². The topological polar surface area (TPSA) is 110 Å². The second-order valence-corrected chi connectivity index (χ2v) is 10.1. The fourth-order valence-corrected chi connectivity index (χ4v) is 5.78. The van der Waals surface area contributed by atoms with Crippen molar-refractivity contribution in [2.24, 2.45) is 17.0 Å². The number of hydrogen-bond donors (Lipinski definition) is 1. The fourth-order valence-electron chi connectivity index (χ4n) is 5.21. The summed E-state index contributed by atoms with van der Waals surface area (Å²) >= 11 is 0. The number of likely N-dealkylation sites (tertiary alicyclic amines) is 1. The zero-order chi connectivity index (χ0) is 20.7. The first-order chi connectivity index (χ1) is 13.6. The zero-order valence-electron chi connectivity index (χ0n) is 16.2. The molecule has 2 fully saturated rings. The number of nitrogens with zero attached hydrogens (tertiary/aromatic N) is 2. The second kappa shape index (κ2) is 5.90. The highest BCUT2D eigenvalue weighted by molar-refractivity contribution is 7.89. The van der Waals surface area contributed by atoms with Crippen molar-refractivity contribution in [1.82, 2.24) is 4.90 Å². The maximum absolute atomic E-state index is 13.5. The summed E-state index contributed by atoms with van der Waals surface area (Å²) in [7, 11) is -3.80. The van der Waals surface area contributed by atoms with Crippen LogP contribution in [0.1, 0.15) is 19.4 Å². The van der Waals surface area contributed by atoms with Crippen LogP contribution in [0.3, 0.4) is 0 Å². The summed E-state index contributed by atoms with van der Waals surface area (Å²) in [6.07, 6.45) is 3.99. The van der Waals surface area contributed by atoms with Crippen molar-refractivity contribution in [3.05, 3.63) is 35.9 Å². The van der Waals surface area contributed by atoms with Gasteiger partial charge in [-0.3, -0.25) is 9.59 Å². The molecule has 2 N–H and O–H groups in total. The SMILES string of the molecule is CC(C)N1C[C@@]23C=C[C@@H](O2)[C@@H](C(=O)N2CCc4cc(S(N)(=O)=O)ccc42)[C@H]3C1=O. The molecule has 2 amide bonds. The lowest BCUT2D eigenvalue weighted by Crippen LogP contribution is -2.46. The van der Waals surface area contributed by atoms with Gasteiger partial charge in [0.2, 0.25) is 21.8 Å². The van der Waals surface area contributed by atoms with E-state index < -0.39 is 33.6 Å². The largest absolute Gasteiger partial charge is 0.360 e. The highest BCUT2D eigenvalue weighted by atomic mass is 32.2. The van der Waals surface area contributed by atoms with Crippen LogP contribution in [0, 0.1) is 11.8 Å². The summed E-state index contributed by atoms with van der Waals surface area (Å²) in [4.78, 5) is 30.1. The Labute approximate surface area is 169 Å². The van der Waals surface area contributed by atoms with Gasteiger partial charge in [-0.2, -0.15) is 0 Å². The number of hydrogen-bond acceptors (Lipinski definition) is 5. The Balaban J connectivity index is 1.48. The number of carbonyl (C=O) groups excluding carboxylic acids is 2. The van der Waals surface area contributed by atoms with Crippen LogP contribution in [0.25, 0.3) is 0 Å². The van der Waals surface area contributed by atoms with Crippen LogP contribution < -0.4 is 10.0 Å². The number of amides is 2. The normalized spacial score (nSPS) is 32.4. The van der Waals surface area contributed by atoms with E-state index in [0.717, 1.165) is 5.56 Å². The zero-order valence-corrected chi connectivity index (χ0v) is 17.1. The molecule has 0 unspecified atom stereocenters. The number of fused-ring (bicyclic) bond motifs is 2. The summed E-state index contributed by atoms with van der Waals surface area (Å²) in [5.41, 5.74) is 0.724. The molecule has 1 aromatic carbocycles. The monoisotopic (exact) mass is 417 g/mol. The van der Waals surface area contributed by atoms with Crippen molar-refractivity contribution in [1.29, 1.82) is 0 Å². The molecule has 4 heterocycles. The minimum absolute atomic E-state index is 0.0332. The molecule has 4 atom stereocenters. The lowest BCUT2D eigenvalue weighted by molar-refractivity contribution is -0.137. The first kappa shape index (κ1) is 18.8. The van der Waals surface area contributed by atoms with Gasteiger partial charge < -0.3 is 14.5 Å². The third kappa shape index (κ3) is 2.54. The maximum Gasteiger partial charge on any atom is 0.238 e. The number of nitrogens with two attached hydrogens (primary N) is 1. The highest BCUT2D eigenvalue weighted by Crippen LogP contribution is 2.53. The summed E-state index contributed by atoms with van der Waals surface area (Å²) in [6.45, 7) is 4.83. The Kier molecular flexibility index (Phi) is 3.82. The van der Waals surface area contributed by atoms with Crippen molar-refractivity contribution in [2.75, 3.05) is 18.0 Å². The Hall–Kier alpha value is -2.23. The van der Waals surface area contributed by atoms with Gasteiger partial charge in [-0.15, -0.1) is 0 Å². The van der Waals surface area contributed by atoms with Gasteiger partial charge in [0.1, 0.15) is 5.60 Å². The van der Waals surface area contributed by atoms with Crippen molar-refractivity contribution in [2.45, 2.75) is 42.9 Å². The molecule has 29 heavy (non-hydrogen) atoms. The molecule has 4 aliphatic rings. The number of rotatable bonds is 3. The number of carbonyl (C=O) groups is 2. The number of anilines is 1. The summed E-state index contributed by atoms with van der Waals surface area (Å²) in [6, 6.07) is 4.60. The molecule has 0 radical (unpaired) electrons. The van der Waals surface area contributed by atoms with Crippen molar-refractivity contribution in [3.8, 4) is 0 Å². The molecule has 0 aliphatic carbocycles. The van der Waals surface area contributed by atoms with Crippen LogP contribution in [0.5, 0.6) is 0 Å². The molecule has 1 spiro atoms. The Morgan fingerprint density at radius 1 is 1.34 bits per heavy atom. The van der Waals surface area contributed by atoms with Crippen LogP contribution in [0.2, 0.25) is 0 Å². The van der Waals surface area contributed by atoms with E-state index in [0.29, 0.717) is 25.2 Å². The van der Waals surface area contributed by atoms with Gasteiger partial charge in [0.25, 0.3) is 0 Å². The predicted molar refractivity (Wildman–Crippen MR) is 104 cm³/mol. The number of sulfonamides is 1. The summed E-state index contributed by atoms with van der Waals surface area (Å²) in [5.74, 6) is -1.26. The van der Waals surface area contributed by atoms with E-state index in [-0.39, 0.29) is 22.8 Å². The van der Waals surface area contributed by atoms with E-state index in [1.807, 2.05) is 26.0 Å². The van der Waals surface area contributed by atoms with Gasteiger partial charge in [-0.1, -0.05) is 12.2 Å². The minimum atomic E-state index is -3.80. The van der Waals surface area contributed by atoms with Gasteiger partial charge >= 0.3 is 0 Å². The van der Waals surface area contributed by atoms with Gasteiger partial charge in [0.05, 0.1) is 29.4 Å². The third-order valence-electron chi connectivity index (χ3n) is 6.58. The first-order valence-electron chi connectivity index (χ1n) is 9.77. The van der Waals surface area contributed by atoms with Gasteiger partial charge in [-0.25, -0.2) is 13.6 Å². The highest BCUT2D eigenvalue weighted by Gasteiger charge is 2.67. The molecule has 9 heteroatoms. The molecule has 2 bridgehead atoms. The molecule has 0 saturated carbocycles. The Morgan fingerprint density at radius 2 is 2.10 bits per heavy atom. The van der Waals surface area contributed by atoms with Gasteiger partial charge in [0, 0.05) is 18.3 Å². The van der Waals surface area contributed by atoms with E-state index in [2.05, 4.69) is 0 Å². The Morgan fingerprint density at radius 3 is 2.79 bits per heavy atom. The first-order valence-corrected chi connectivity index (χ1v) is 11.3. The third-order valence-corrected chi connectivity index (χ3v) is 7.49. The van der Waals surface area contributed by atoms with Crippen molar-refractivity contribution in [3.63, 3.8) is 0 Å². The van der Waals surface area contributed by atoms with Crippen LogP contribution in [-0.2, 0) is 30.8 Å². The molecular formula is C20H23N3O5S. The molecule has 5 rings (SSSR count). The number of ether oxygens (including phenoxy) is 1. The maximum atomic E-state index is 13.5. The lowest BCUT2D eigenvalue weighted by Gasteiger charge is -2.28. The van der Waals surface area contributed by atoms with Crippen molar-refractivity contribution < 1.29 is 22.7 Å².